The quantitative estimate of drug-likeness (QED) is 0.585. The van der Waals surface area contributed by atoms with Crippen LogP contribution in [0.2, 0.25) is 0 Å². The lowest BCUT2D eigenvalue weighted by Gasteiger charge is -2.15. The Bertz CT molecular complexity index is 1120. The summed E-state index contributed by atoms with van der Waals surface area (Å²) in [5.74, 6) is -1.80. The van der Waals surface area contributed by atoms with Gasteiger partial charge in [0.2, 0.25) is 5.91 Å². The number of carboxylic acid groups (broad SMARTS) is 1. The second-order valence-corrected chi connectivity index (χ2v) is 6.51. The topological polar surface area (TPSA) is 117 Å². The molecule has 0 fully saturated rings. The molecule has 0 saturated heterocycles. The van der Waals surface area contributed by atoms with Crippen molar-refractivity contribution in [2.45, 2.75) is 26.3 Å². The third-order valence-corrected chi connectivity index (χ3v) is 4.70. The number of aliphatic carboxylic acids is 1. The Morgan fingerprint density at radius 1 is 1.07 bits per heavy atom. The van der Waals surface area contributed by atoms with Gasteiger partial charge in [-0.05, 0) is 37.1 Å². The van der Waals surface area contributed by atoms with Crippen molar-refractivity contribution in [3.63, 3.8) is 0 Å². The highest BCUT2D eigenvalue weighted by atomic mass is 16.4. The molecule has 3 rings (SSSR count). The predicted molar refractivity (Wildman–Crippen MR) is 102 cm³/mol. The second kappa shape index (κ2) is 7.56. The van der Waals surface area contributed by atoms with Gasteiger partial charge in [0.15, 0.2) is 6.04 Å². The van der Waals surface area contributed by atoms with Gasteiger partial charge in [-0.15, -0.1) is 0 Å². The smallest absolute Gasteiger partial charge is 0.340 e. The molecule has 28 heavy (non-hydrogen) atoms. The summed E-state index contributed by atoms with van der Waals surface area (Å²) in [6.45, 7) is 3.31. The van der Waals surface area contributed by atoms with Crippen LogP contribution in [0.1, 0.15) is 28.3 Å². The molecule has 1 atom stereocenters. The van der Waals surface area contributed by atoms with E-state index < -0.39 is 23.5 Å². The first-order valence-electron chi connectivity index (χ1n) is 8.61. The van der Waals surface area contributed by atoms with E-state index in [4.69, 9.17) is 4.42 Å². The van der Waals surface area contributed by atoms with E-state index in [9.17, 15) is 24.6 Å². The fourth-order valence-corrected chi connectivity index (χ4v) is 3.09. The van der Waals surface area contributed by atoms with Crippen molar-refractivity contribution in [1.82, 2.24) is 5.32 Å². The van der Waals surface area contributed by atoms with Gasteiger partial charge in [0.05, 0.1) is 12.0 Å². The average Bonchev–Trinajstić information content (AvgIpc) is 2.67. The van der Waals surface area contributed by atoms with Gasteiger partial charge in [-0.3, -0.25) is 4.79 Å². The highest BCUT2D eigenvalue weighted by Crippen LogP contribution is 2.28. The first-order valence-corrected chi connectivity index (χ1v) is 8.61. The molecule has 1 amide bonds. The van der Waals surface area contributed by atoms with E-state index in [0.717, 1.165) is 0 Å². The van der Waals surface area contributed by atoms with Crippen LogP contribution in [0, 0.1) is 13.8 Å². The Morgan fingerprint density at radius 3 is 2.39 bits per heavy atom. The molecule has 7 nitrogen and oxygen atoms in total. The third kappa shape index (κ3) is 3.59. The molecule has 1 heterocycles. The molecule has 0 unspecified atom stereocenters. The molecule has 3 aromatic rings. The summed E-state index contributed by atoms with van der Waals surface area (Å²) in [6, 6.07) is 10.2. The molecule has 0 bridgehead atoms. The molecule has 144 valence electrons. The number of phenols is 1. The number of fused-ring (bicyclic) bond motifs is 1. The number of rotatable bonds is 5. The van der Waals surface area contributed by atoms with Crippen LogP contribution in [-0.2, 0) is 16.0 Å². The van der Waals surface area contributed by atoms with Gasteiger partial charge in [-0.25, -0.2) is 9.59 Å². The highest BCUT2D eigenvalue weighted by Gasteiger charge is 2.23. The van der Waals surface area contributed by atoms with Crippen LogP contribution in [-0.4, -0.2) is 22.1 Å². The van der Waals surface area contributed by atoms with Crippen LogP contribution in [0.4, 0.5) is 0 Å². The molecule has 2 aromatic carbocycles. The number of hydrogen-bond donors (Lipinski definition) is 3. The molecular formula is C21H19NO6. The minimum Gasteiger partial charge on any atom is -0.508 e. The number of carboxylic acids is 1. The van der Waals surface area contributed by atoms with Crippen molar-refractivity contribution in [1.29, 1.82) is 0 Å². The van der Waals surface area contributed by atoms with Gasteiger partial charge in [0.25, 0.3) is 0 Å². The van der Waals surface area contributed by atoms with Crippen LogP contribution in [0.3, 0.4) is 0 Å². The summed E-state index contributed by atoms with van der Waals surface area (Å²) in [5.41, 5.74) is 1.13. The minimum absolute atomic E-state index is 0.00713. The monoisotopic (exact) mass is 381 g/mol. The fraction of sp³-hybridized carbons (Fsp3) is 0.190. The molecule has 0 aliphatic heterocycles. The summed E-state index contributed by atoms with van der Waals surface area (Å²) < 4.78 is 5.31. The maximum absolute atomic E-state index is 12.5. The Morgan fingerprint density at radius 2 is 1.75 bits per heavy atom. The molecule has 7 heteroatoms. The van der Waals surface area contributed by atoms with Crippen molar-refractivity contribution in [2.24, 2.45) is 0 Å². The summed E-state index contributed by atoms with van der Waals surface area (Å²) in [7, 11) is 0. The molecule has 0 aliphatic carbocycles. The van der Waals surface area contributed by atoms with Gasteiger partial charge in [0, 0.05) is 10.9 Å². The van der Waals surface area contributed by atoms with Crippen LogP contribution in [0.15, 0.2) is 51.7 Å². The van der Waals surface area contributed by atoms with Gasteiger partial charge in [0.1, 0.15) is 11.3 Å². The maximum atomic E-state index is 12.5. The average molecular weight is 381 g/mol. The zero-order valence-electron chi connectivity index (χ0n) is 15.4. The molecule has 1 aromatic heterocycles. The lowest BCUT2D eigenvalue weighted by Crippen LogP contribution is -2.35. The number of aryl methyl sites for hydroxylation is 2. The van der Waals surface area contributed by atoms with E-state index in [1.165, 1.54) is 6.07 Å². The third-order valence-electron chi connectivity index (χ3n) is 4.70. The largest absolute Gasteiger partial charge is 0.508 e. The number of carbonyl (C=O) groups excluding carboxylic acids is 1. The molecule has 0 radical (unpaired) electrons. The Hall–Kier alpha value is -3.61. The number of nitrogens with one attached hydrogen (secondary N) is 1. The zero-order chi connectivity index (χ0) is 20.4. The van der Waals surface area contributed by atoms with Crippen molar-refractivity contribution in [2.75, 3.05) is 0 Å². The van der Waals surface area contributed by atoms with E-state index in [2.05, 4.69) is 5.32 Å². The fourth-order valence-electron chi connectivity index (χ4n) is 3.09. The summed E-state index contributed by atoms with van der Waals surface area (Å²) in [4.78, 5) is 36.4. The Kier molecular flexibility index (Phi) is 5.17. The standard InChI is InChI=1S/C21H19NO6/c1-11-14-8-9-16(23)12(2)19(14)28-21(27)15(11)10-17(24)22-18(20(25)26)13-6-4-3-5-7-13/h3-9,18,23H,10H2,1-2H3,(H,22,24)(H,25,26)/t18-/m0/s1. The van der Waals surface area contributed by atoms with Crippen LogP contribution in [0.25, 0.3) is 11.0 Å². The van der Waals surface area contributed by atoms with Gasteiger partial charge < -0.3 is 19.9 Å². The van der Waals surface area contributed by atoms with Crippen LogP contribution < -0.4 is 10.9 Å². The van der Waals surface area contributed by atoms with Crippen molar-refractivity contribution in [3.8, 4) is 5.75 Å². The molecule has 3 N–H and O–H groups in total. The first-order chi connectivity index (χ1) is 13.3. The normalized spacial score (nSPS) is 11.9. The second-order valence-electron chi connectivity index (χ2n) is 6.51. The first kappa shape index (κ1) is 19.2. The Labute approximate surface area is 160 Å². The summed E-state index contributed by atoms with van der Waals surface area (Å²) in [6.07, 6.45) is -0.319. The lowest BCUT2D eigenvalue weighted by molar-refractivity contribution is -0.142. The maximum Gasteiger partial charge on any atom is 0.340 e. The number of benzene rings is 2. The lowest BCUT2D eigenvalue weighted by atomic mass is 10.0. The number of phenolic OH excluding ortho intramolecular Hbond substituents is 1. The van der Waals surface area contributed by atoms with Crippen molar-refractivity contribution < 1.29 is 24.2 Å². The number of aromatic hydroxyl groups is 1. The number of hydrogen-bond acceptors (Lipinski definition) is 5. The molecule has 0 saturated carbocycles. The highest BCUT2D eigenvalue weighted by molar-refractivity contribution is 5.89. The Balaban J connectivity index is 1.92. The van der Waals surface area contributed by atoms with Gasteiger partial charge in [-0.1, -0.05) is 30.3 Å². The van der Waals surface area contributed by atoms with E-state index in [1.54, 1.807) is 50.2 Å². The van der Waals surface area contributed by atoms with E-state index in [0.29, 0.717) is 22.1 Å². The molecular weight excluding hydrogens is 362 g/mol. The number of carbonyl (C=O) groups is 2. The van der Waals surface area contributed by atoms with Crippen LogP contribution >= 0.6 is 0 Å². The van der Waals surface area contributed by atoms with E-state index in [-0.39, 0.29) is 23.3 Å². The minimum atomic E-state index is -1.22. The zero-order valence-corrected chi connectivity index (χ0v) is 15.4. The SMILES string of the molecule is Cc1c(CC(=O)N[C@H](C(=O)O)c2ccccc2)c(=O)oc2c(C)c(O)ccc12. The van der Waals surface area contributed by atoms with Crippen LogP contribution in [0.5, 0.6) is 5.75 Å². The van der Waals surface area contributed by atoms with Gasteiger partial charge in [-0.2, -0.15) is 0 Å². The predicted octanol–water partition coefficient (Wildman–Crippen LogP) is 2.60. The van der Waals surface area contributed by atoms with Crippen molar-refractivity contribution in [3.05, 3.63) is 75.1 Å². The van der Waals surface area contributed by atoms with E-state index >= 15 is 0 Å². The van der Waals surface area contributed by atoms with E-state index in [1.807, 2.05) is 0 Å². The number of amides is 1. The van der Waals surface area contributed by atoms with Gasteiger partial charge >= 0.3 is 11.6 Å². The van der Waals surface area contributed by atoms with Crippen molar-refractivity contribution >= 4 is 22.8 Å². The molecule has 0 spiro atoms. The summed E-state index contributed by atoms with van der Waals surface area (Å²) in [5, 5.41) is 22.3. The summed E-state index contributed by atoms with van der Waals surface area (Å²) >= 11 is 0. The molecule has 0 aliphatic rings.